The van der Waals surface area contributed by atoms with Crippen molar-refractivity contribution in [2.24, 2.45) is 7.05 Å². The van der Waals surface area contributed by atoms with Gasteiger partial charge in [-0.15, -0.1) is 11.3 Å². The molecule has 2 aromatic heterocycles. The van der Waals surface area contributed by atoms with Crippen LogP contribution in [0.15, 0.2) is 24.3 Å². The molecule has 132 valence electrons. The molecular formula is C18H21N3O3S. The molecule has 0 aliphatic rings. The molecule has 0 radical (unpaired) electrons. The predicted molar refractivity (Wildman–Crippen MR) is 98.8 cm³/mol. The van der Waals surface area contributed by atoms with Crippen LogP contribution in [0.4, 0.5) is 0 Å². The predicted octanol–water partition coefficient (Wildman–Crippen LogP) is 3.45. The first-order chi connectivity index (χ1) is 11.9. The second-order valence-corrected chi connectivity index (χ2v) is 6.87. The number of methoxy groups -OCH3 is 2. The van der Waals surface area contributed by atoms with Crippen molar-refractivity contribution in [3.63, 3.8) is 0 Å². The first-order valence-corrected chi connectivity index (χ1v) is 8.72. The summed E-state index contributed by atoms with van der Waals surface area (Å²) in [6.45, 7) is 3.88. The molecule has 1 atom stereocenters. The van der Waals surface area contributed by atoms with E-state index in [0.29, 0.717) is 16.4 Å². The van der Waals surface area contributed by atoms with Gasteiger partial charge in [0.25, 0.3) is 5.91 Å². The van der Waals surface area contributed by atoms with Crippen molar-refractivity contribution in [2.75, 3.05) is 14.2 Å². The Labute approximate surface area is 150 Å². The lowest BCUT2D eigenvalue weighted by atomic mass is 10.1. The number of aromatic nitrogens is 2. The lowest BCUT2D eigenvalue weighted by Crippen LogP contribution is -2.26. The van der Waals surface area contributed by atoms with Crippen LogP contribution in [0.5, 0.6) is 11.5 Å². The molecule has 1 N–H and O–H groups in total. The molecular weight excluding hydrogens is 338 g/mol. The smallest absolute Gasteiger partial charge is 0.261 e. The van der Waals surface area contributed by atoms with E-state index in [0.717, 1.165) is 21.5 Å². The van der Waals surface area contributed by atoms with Gasteiger partial charge in [-0.3, -0.25) is 9.48 Å². The molecule has 0 spiro atoms. The molecule has 1 amide bonds. The fraction of sp³-hybridized carbons (Fsp3) is 0.333. The summed E-state index contributed by atoms with van der Waals surface area (Å²) in [7, 11) is 5.10. The number of carbonyl (C=O) groups is 1. The van der Waals surface area contributed by atoms with Gasteiger partial charge in [-0.05, 0) is 32.0 Å². The number of fused-ring (bicyclic) bond motifs is 1. The van der Waals surface area contributed by atoms with E-state index in [9.17, 15) is 4.79 Å². The lowest BCUT2D eigenvalue weighted by molar-refractivity contribution is 0.0943. The normalized spacial score (nSPS) is 12.2. The summed E-state index contributed by atoms with van der Waals surface area (Å²) in [6.07, 6.45) is 0. The number of amides is 1. The van der Waals surface area contributed by atoms with E-state index in [1.165, 1.54) is 11.3 Å². The molecule has 0 bridgehead atoms. The number of rotatable bonds is 5. The van der Waals surface area contributed by atoms with Crippen molar-refractivity contribution in [1.29, 1.82) is 0 Å². The zero-order valence-electron chi connectivity index (χ0n) is 14.9. The van der Waals surface area contributed by atoms with Crippen LogP contribution in [0, 0.1) is 6.92 Å². The summed E-state index contributed by atoms with van der Waals surface area (Å²) >= 11 is 1.44. The highest BCUT2D eigenvalue weighted by molar-refractivity contribution is 7.20. The number of ether oxygens (including phenoxy) is 2. The van der Waals surface area contributed by atoms with Gasteiger partial charge in [0.05, 0.1) is 30.8 Å². The van der Waals surface area contributed by atoms with Gasteiger partial charge in [-0.25, -0.2) is 0 Å². The molecule has 0 aliphatic carbocycles. The summed E-state index contributed by atoms with van der Waals surface area (Å²) in [5, 5.41) is 8.42. The number of benzene rings is 1. The number of hydrogen-bond donors (Lipinski definition) is 1. The Balaban J connectivity index is 1.83. The van der Waals surface area contributed by atoms with Gasteiger partial charge >= 0.3 is 0 Å². The van der Waals surface area contributed by atoms with Crippen LogP contribution in [-0.4, -0.2) is 29.9 Å². The molecule has 2 heterocycles. The van der Waals surface area contributed by atoms with E-state index >= 15 is 0 Å². The van der Waals surface area contributed by atoms with Crippen molar-refractivity contribution < 1.29 is 14.3 Å². The second kappa shape index (κ2) is 6.76. The Morgan fingerprint density at radius 1 is 1.28 bits per heavy atom. The van der Waals surface area contributed by atoms with Gasteiger partial charge in [0.2, 0.25) is 0 Å². The Morgan fingerprint density at radius 3 is 2.68 bits per heavy atom. The van der Waals surface area contributed by atoms with Gasteiger partial charge in [0.1, 0.15) is 16.3 Å². The van der Waals surface area contributed by atoms with E-state index in [2.05, 4.69) is 10.4 Å². The van der Waals surface area contributed by atoms with Crippen molar-refractivity contribution in [3.05, 3.63) is 40.4 Å². The minimum absolute atomic E-state index is 0.106. The Bertz CT molecular complexity index is 895. The number of aryl methyl sites for hydroxylation is 2. The van der Waals surface area contributed by atoms with Crippen molar-refractivity contribution in [3.8, 4) is 11.5 Å². The number of hydrogen-bond acceptors (Lipinski definition) is 5. The number of carbonyl (C=O) groups excluding carboxylic acids is 1. The maximum atomic E-state index is 12.6. The molecule has 0 fully saturated rings. The van der Waals surface area contributed by atoms with Crippen LogP contribution < -0.4 is 14.8 Å². The lowest BCUT2D eigenvalue weighted by Gasteiger charge is -2.17. The fourth-order valence-electron chi connectivity index (χ4n) is 2.84. The number of nitrogens with one attached hydrogen (secondary N) is 1. The zero-order valence-corrected chi connectivity index (χ0v) is 15.7. The van der Waals surface area contributed by atoms with Gasteiger partial charge < -0.3 is 14.8 Å². The molecule has 1 aromatic carbocycles. The van der Waals surface area contributed by atoms with Crippen molar-refractivity contribution in [1.82, 2.24) is 15.1 Å². The standard InChI is InChI=1S/C18H21N3O3S/c1-10(13-7-6-12(23-4)8-15(13)24-5)19-17(22)16-9-14-11(2)20-21(3)18(14)25-16/h6-10H,1-5H3,(H,19,22). The maximum Gasteiger partial charge on any atom is 0.261 e. The third kappa shape index (κ3) is 3.19. The molecule has 0 saturated carbocycles. The minimum atomic E-state index is -0.196. The third-order valence-electron chi connectivity index (χ3n) is 4.17. The molecule has 7 heteroatoms. The monoisotopic (exact) mass is 359 g/mol. The van der Waals surface area contributed by atoms with Crippen LogP contribution in [0.2, 0.25) is 0 Å². The Kier molecular flexibility index (Phi) is 4.67. The average molecular weight is 359 g/mol. The van der Waals surface area contributed by atoms with Crippen molar-refractivity contribution >= 4 is 27.5 Å². The van der Waals surface area contributed by atoms with Crippen LogP contribution in [0.3, 0.4) is 0 Å². The average Bonchev–Trinajstić information content (AvgIpc) is 3.16. The van der Waals surface area contributed by atoms with Crippen molar-refractivity contribution in [2.45, 2.75) is 19.9 Å². The minimum Gasteiger partial charge on any atom is -0.497 e. The highest BCUT2D eigenvalue weighted by Gasteiger charge is 2.19. The molecule has 6 nitrogen and oxygen atoms in total. The maximum absolute atomic E-state index is 12.6. The summed E-state index contributed by atoms with van der Waals surface area (Å²) < 4.78 is 12.4. The number of thiophene rings is 1. The fourth-order valence-corrected chi connectivity index (χ4v) is 3.87. The summed E-state index contributed by atoms with van der Waals surface area (Å²) in [5.74, 6) is 1.29. The summed E-state index contributed by atoms with van der Waals surface area (Å²) in [6, 6.07) is 7.27. The van der Waals surface area contributed by atoms with E-state index < -0.39 is 0 Å². The summed E-state index contributed by atoms with van der Waals surface area (Å²) in [5.41, 5.74) is 1.83. The largest absolute Gasteiger partial charge is 0.497 e. The molecule has 0 aliphatic heterocycles. The zero-order chi connectivity index (χ0) is 18.1. The van der Waals surface area contributed by atoms with E-state index in [-0.39, 0.29) is 11.9 Å². The third-order valence-corrected chi connectivity index (χ3v) is 5.38. The Morgan fingerprint density at radius 2 is 2.04 bits per heavy atom. The van der Waals surface area contributed by atoms with Crippen LogP contribution in [0.25, 0.3) is 10.2 Å². The van der Waals surface area contributed by atoms with Crippen LogP contribution >= 0.6 is 11.3 Å². The van der Waals surface area contributed by atoms with E-state index in [1.54, 1.807) is 14.2 Å². The molecule has 0 saturated heterocycles. The SMILES string of the molecule is COc1ccc(C(C)NC(=O)c2cc3c(C)nn(C)c3s2)c(OC)c1. The Hall–Kier alpha value is -2.54. The summed E-state index contributed by atoms with van der Waals surface area (Å²) in [4.78, 5) is 14.3. The van der Waals surface area contributed by atoms with Crippen LogP contribution in [-0.2, 0) is 7.05 Å². The quantitative estimate of drug-likeness (QED) is 0.758. The molecule has 3 aromatic rings. The number of nitrogens with zero attached hydrogens (tertiary/aromatic N) is 2. The first kappa shape index (κ1) is 17.3. The highest BCUT2D eigenvalue weighted by atomic mass is 32.1. The molecule has 3 rings (SSSR count). The first-order valence-electron chi connectivity index (χ1n) is 7.90. The highest BCUT2D eigenvalue weighted by Crippen LogP contribution is 2.31. The van der Waals surface area contributed by atoms with Gasteiger partial charge in [0, 0.05) is 24.1 Å². The van der Waals surface area contributed by atoms with Gasteiger partial charge in [-0.2, -0.15) is 5.10 Å². The van der Waals surface area contributed by atoms with E-state index in [1.807, 2.05) is 49.8 Å². The van der Waals surface area contributed by atoms with Gasteiger partial charge in [-0.1, -0.05) is 0 Å². The van der Waals surface area contributed by atoms with E-state index in [4.69, 9.17) is 9.47 Å². The molecule has 1 unspecified atom stereocenters. The topological polar surface area (TPSA) is 65.4 Å². The molecule has 25 heavy (non-hydrogen) atoms. The van der Waals surface area contributed by atoms with Gasteiger partial charge in [0.15, 0.2) is 0 Å². The van der Waals surface area contributed by atoms with Crippen LogP contribution in [0.1, 0.15) is 33.9 Å². The second-order valence-electron chi connectivity index (χ2n) is 5.84.